The number of aromatic nitrogens is 4. The molecular weight excluding hydrogens is 278 g/mol. The smallest absolute Gasteiger partial charge is 0.247 e. The molecule has 0 amide bonds. The lowest BCUT2D eigenvalue weighted by atomic mass is 10.2. The first-order valence-electron chi connectivity index (χ1n) is 6.46. The number of nitrogens with one attached hydrogen (secondary N) is 1. The highest BCUT2D eigenvalue weighted by atomic mass is 32.2. The third kappa shape index (κ3) is 2.51. The Hall–Kier alpha value is -1.96. The van der Waals surface area contributed by atoms with Gasteiger partial charge >= 0.3 is 0 Å². The van der Waals surface area contributed by atoms with Gasteiger partial charge in [0.05, 0.1) is 16.7 Å². The van der Waals surface area contributed by atoms with Crippen molar-refractivity contribution in [3.63, 3.8) is 0 Å². The lowest BCUT2D eigenvalue weighted by molar-refractivity contribution is 0.591. The summed E-state index contributed by atoms with van der Waals surface area (Å²) in [6.45, 7) is 0.343. The molecule has 1 aromatic carbocycles. The first kappa shape index (κ1) is 13.0. The van der Waals surface area contributed by atoms with Crippen LogP contribution < -0.4 is 5.32 Å². The molecule has 1 N–H and O–H groups in total. The van der Waals surface area contributed by atoms with E-state index in [1.54, 1.807) is 4.68 Å². The molecule has 1 unspecified atom stereocenters. The molecule has 8 heteroatoms. The lowest BCUT2D eigenvalue weighted by Crippen LogP contribution is -2.26. The van der Waals surface area contributed by atoms with E-state index in [9.17, 15) is 8.42 Å². The Morgan fingerprint density at radius 2 is 2.10 bits per heavy atom. The molecule has 0 radical (unpaired) electrons. The molecule has 2 aromatic rings. The van der Waals surface area contributed by atoms with Gasteiger partial charge in [-0.1, -0.05) is 23.3 Å². The van der Waals surface area contributed by atoms with Gasteiger partial charge in [0.2, 0.25) is 5.95 Å². The average molecular weight is 293 g/mol. The monoisotopic (exact) mass is 293 g/mol. The maximum atomic E-state index is 11.8. The van der Waals surface area contributed by atoms with Crippen LogP contribution in [0.1, 0.15) is 12.8 Å². The van der Waals surface area contributed by atoms with Gasteiger partial charge in [0.25, 0.3) is 0 Å². The van der Waals surface area contributed by atoms with Crippen LogP contribution in [0.3, 0.4) is 0 Å². The van der Waals surface area contributed by atoms with Gasteiger partial charge in [-0.15, -0.1) is 0 Å². The van der Waals surface area contributed by atoms with Gasteiger partial charge in [-0.25, -0.2) is 8.42 Å². The van der Waals surface area contributed by atoms with Crippen LogP contribution >= 0.6 is 0 Å². The largest absolute Gasteiger partial charge is 0.351 e. The first-order valence-corrected chi connectivity index (χ1v) is 8.17. The predicted molar refractivity (Wildman–Crippen MR) is 74.5 cm³/mol. The molecule has 0 saturated carbocycles. The highest BCUT2D eigenvalue weighted by Crippen LogP contribution is 2.20. The molecular formula is C12H15N5O2S. The fourth-order valence-corrected chi connectivity index (χ4v) is 4.10. The molecule has 1 aliphatic rings. The number of hydrogen-bond donors (Lipinski definition) is 1. The van der Waals surface area contributed by atoms with E-state index in [1.165, 1.54) is 0 Å². The van der Waals surface area contributed by atoms with E-state index >= 15 is 0 Å². The number of hydrogen-bond acceptors (Lipinski definition) is 6. The van der Waals surface area contributed by atoms with Crippen LogP contribution in [-0.2, 0) is 9.84 Å². The topological polar surface area (TPSA) is 89.8 Å². The highest BCUT2D eigenvalue weighted by Gasteiger charge is 2.31. The van der Waals surface area contributed by atoms with Crippen molar-refractivity contribution in [2.75, 3.05) is 17.6 Å². The molecule has 0 bridgehead atoms. The van der Waals surface area contributed by atoms with Crippen molar-refractivity contribution in [3.8, 4) is 5.69 Å². The first-order chi connectivity index (χ1) is 9.67. The summed E-state index contributed by atoms with van der Waals surface area (Å²) in [5.41, 5.74) is 0.828. The molecule has 1 aliphatic heterocycles. The molecule has 1 aromatic heterocycles. The zero-order chi connectivity index (χ0) is 14.0. The minimum Gasteiger partial charge on any atom is -0.351 e. The third-order valence-corrected chi connectivity index (χ3v) is 5.70. The summed E-state index contributed by atoms with van der Waals surface area (Å²) in [5.74, 6) is 0.737. The minimum absolute atomic E-state index is 0.281. The molecule has 0 spiro atoms. The summed E-state index contributed by atoms with van der Waals surface area (Å²) < 4.78 is 25.1. The van der Waals surface area contributed by atoms with Crippen molar-refractivity contribution in [2.24, 2.45) is 0 Å². The molecule has 2 heterocycles. The minimum atomic E-state index is -2.96. The summed E-state index contributed by atoms with van der Waals surface area (Å²) in [6, 6.07) is 9.46. The van der Waals surface area contributed by atoms with Gasteiger partial charge in [0.1, 0.15) is 0 Å². The molecule has 1 saturated heterocycles. The average Bonchev–Trinajstić information content (AvgIpc) is 3.03. The van der Waals surface area contributed by atoms with E-state index < -0.39 is 9.84 Å². The molecule has 1 fully saturated rings. The summed E-state index contributed by atoms with van der Waals surface area (Å²) in [6.07, 6.45) is 1.43. The quantitative estimate of drug-likeness (QED) is 0.890. The van der Waals surface area contributed by atoms with Crippen molar-refractivity contribution in [1.29, 1.82) is 0 Å². The van der Waals surface area contributed by atoms with Crippen molar-refractivity contribution < 1.29 is 8.42 Å². The van der Waals surface area contributed by atoms with Crippen molar-refractivity contribution in [1.82, 2.24) is 20.2 Å². The fourth-order valence-electron chi connectivity index (χ4n) is 2.33. The van der Waals surface area contributed by atoms with Crippen molar-refractivity contribution in [3.05, 3.63) is 30.3 Å². The number of para-hydroxylation sites is 1. The number of nitrogens with zero attached hydrogens (tertiary/aromatic N) is 4. The zero-order valence-electron chi connectivity index (χ0n) is 10.8. The van der Waals surface area contributed by atoms with E-state index in [4.69, 9.17) is 0 Å². The van der Waals surface area contributed by atoms with E-state index in [-0.39, 0.29) is 11.0 Å². The maximum absolute atomic E-state index is 11.8. The second-order valence-electron chi connectivity index (χ2n) is 4.76. The SMILES string of the molecule is O=S1(=O)CCCC1CNc1nnnn1-c1ccccc1. The Kier molecular flexibility index (Phi) is 3.39. The summed E-state index contributed by atoms with van der Waals surface area (Å²) in [7, 11) is -2.96. The van der Waals surface area contributed by atoms with Crippen LogP contribution in [0.4, 0.5) is 5.95 Å². The van der Waals surface area contributed by atoms with E-state index in [0.29, 0.717) is 18.9 Å². The number of anilines is 1. The van der Waals surface area contributed by atoms with Gasteiger partial charge in [0, 0.05) is 6.54 Å². The lowest BCUT2D eigenvalue weighted by Gasteiger charge is -2.11. The molecule has 7 nitrogen and oxygen atoms in total. The molecule has 20 heavy (non-hydrogen) atoms. The van der Waals surface area contributed by atoms with Crippen molar-refractivity contribution >= 4 is 15.8 Å². The maximum Gasteiger partial charge on any atom is 0.247 e. The van der Waals surface area contributed by atoms with Crippen LogP contribution in [0.25, 0.3) is 5.69 Å². The Labute approximate surface area is 116 Å². The van der Waals surface area contributed by atoms with Gasteiger partial charge in [0.15, 0.2) is 9.84 Å². The Bertz CT molecular complexity index is 683. The van der Waals surface area contributed by atoms with Crippen LogP contribution in [0.5, 0.6) is 0 Å². The molecule has 0 aliphatic carbocycles. The van der Waals surface area contributed by atoms with Gasteiger partial charge in [-0.2, -0.15) is 4.68 Å². The fraction of sp³-hybridized carbons (Fsp3) is 0.417. The van der Waals surface area contributed by atoms with E-state index in [1.807, 2.05) is 30.3 Å². The van der Waals surface area contributed by atoms with E-state index in [2.05, 4.69) is 20.8 Å². The Morgan fingerprint density at radius 1 is 1.30 bits per heavy atom. The second kappa shape index (κ2) is 5.20. The number of sulfone groups is 1. The standard InChI is InChI=1S/C12H15N5O2S/c18-20(19)8-4-7-11(20)9-13-12-14-15-16-17(12)10-5-2-1-3-6-10/h1-3,5-6,11H,4,7-9H2,(H,13,14,16). The number of rotatable bonds is 4. The molecule has 106 valence electrons. The van der Waals surface area contributed by atoms with E-state index in [0.717, 1.165) is 12.1 Å². The normalized spacial score (nSPS) is 20.9. The highest BCUT2D eigenvalue weighted by molar-refractivity contribution is 7.92. The van der Waals surface area contributed by atoms with Crippen LogP contribution in [0, 0.1) is 0 Å². The summed E-state index contributed by atoms with van der Waals surface area (Å²) in [4.78, 5) is 0. The van der Waals surface area contributed by atoms with Crippen LogP contribution in [-0.4, -0.2) is 46.2 Å². The predicted octanol–water partition coefficient (Wildman–Crippen LogP) is 0.651. The van der Waals surface area contributed by atoms with Crippen LogP contribution in [0.15, 0.2) is 30.3 Å². The summed E-state index contributed by atoms with van der Waals surface area (Å²) in [5, 5.41) is 14.1. The number of tetrazole rings is 1. The van der Waals surface area contributed by atoms with Crippen molar-refractivity contribution in [2.45, 2.75) is 18.1 Å². The third-order valence-electron chi connectivity index (χ3n) is 3.42. The molecule has 3 rings (SSSR count). The van der Waals surface area contributed by atoms with Crippen LogP contribution in [0.2, 0.25) is 0 Å². The second-order valence-corrected chi connectivity index (χ2v) is 7.16. The van der Waals surface area contributed by atoms with Gasteiger partial charge < -0.3 is 5.32 Å². The summed E-state index contributed by atoms with van der Waals surface area (Å²) >= 11 is 0. The Morgan fingerprint density at radius 3 is 2.80 bits per heavy atom. The molecule has 1 atom stereocenters. The number of benzene rings is 1. The Balaban J connectivity index is 1.75. The zero-order valence-corrected chi connectivity index (χ0v) is 11.6. The van der Waals surface area contributed by atoms with Gasteiger partial charge in [-0.05, 0) is 35.4 Å². The van der Waals surface area contributed by atoms with Gasteiger partial charge in [-0.3, -0.25) is 0 Å².